The second kappa shape index (κ2) is 155. The van der Waals surface area contributed by atoms with E-state index in [1.54, 1.807) is 0 Å². The summed E-state index contributed by atoms with van der Waals surface area (Å²) in [5, 5.41) is 0. The molecule has 0 bridgehead atoms. The van der Waals surface area contributed by atoms with Crippen LogP contribution < -0.4 is 13.3 Å². The van der Waals surface area contributed by atoms with Crippen molar-refractivity contribution in [2.24, 2.45) is 0 Å². The van der Waals surface area contributed by atoms with E-state index in [9.17, 15) is 0 Å². The van der Waals surface area contributed by atoms with Crippen LogP contribution in [-0.2, 0) is 0 Å². The van der Waals surface area contributed by atoms with E-state index >= 15 is 0 Å². The number of hydrogen-bond donors (Lipinski definition) is 0. The summed E-state index contributed by atoms with van der Waals surface area (Å²) in [6.07, 6.45) is 0. The topological polar surface area (TPSA) is 0 Å². The van der Waals surface area contributed by atoms with Crippen LogP contribution in [0.5, 0.6) is 0 Å². The van der Waals surface area contributed by atoms with Gasteiger partial charge in [-0.3, -0.25) is 0 Å². The van der Waals surface area contributed by atoms with Gasteiger partial charge in [-0.2, -0.15) is 0 Å². The Hall–Kier alpha value is 109. The van der Waals surface area contributed by atoms with Crippen molar-refractivity contribution >= 4 is 1970 Å². The Labute approximate surface area is 1860 Å². The first kappa shape index (κ1) is 258. The zero-order valence-electron chi connectivity index (χ0n) is 56.3. The van der Waals surface area contributed by atoms with E-state index in [-0.39, 0.29) is 0 Å². The zero-order valence-corrected chi connectivity index (χ0v) is 378. The van der Waals surface area contributed by atoms with Crippen LogP contribution in [0, 0.1) is 0 Å². The molecule has 149 heteroatoms. The molecule has 0 saturated carbocycles. The van der Waals surface area contributed by atoms with Crippen LogP contribution in [0.25, 0.3) is 0 Å². The summed E-state index contributed by atoms with van der Waals surface area (Å²) < 4.78 is 0. The van der Waals surface area contributed by atoms with Crippen LogP contribution in [0.3, 0.4) is 0 Å². The van der Waals surface area contributed by atoms with E-state index in [0.717, 1.165) is 0 Å². The van der Waals surface area contributed by atoms with Crippen LogP contribution in [0.1, 0.15) is 0 Å². The Morgan fingerprint density at radius 1 is 0.0604 bits per heavy atom. The summed E-state index contributed by atoms with van der Waals surface area (Å²) in [5.74, 6) is 0. The third kappa shape index (κ3) is 105. The summed E-state index contributed by atoms with van der Waals surface area (Å²) in [5.41, 5.74) is 0. The molecule has 1044 valence electrons. The molecule has 0 radical (unpaired) electrons. The van der Waals surface area contributed by atoms with E-state index in [1.165, 1.54) is 0 Å². The molecule has 0 fully saturated rings. The quantitative estimate of drug-likeness (QED) is 0.0533. The fourth-order valence-corrected chi connectivity index (χ4v) is 30000. The maximum atomic E-state index is 3.52. The van der Waals surface area contributed by atoms with Gasteiger partial charge in [0.25, 0.3) is 0 Å². The molecule has 0 aliphatic carbocycles. The molecular weight excluding hydrogens is 18900 g/mol. The molecule has 0 aromatic heterocycles. The zero-order chi connectivity index (χ0) is 118. The Morgan fingerprint density at radius 2 is 0.101 bits per heavy atom. The normalized spacial score (nSPS) is 19.3. The van der Waals surface area contributed by atoms with Gasteiger partial charge < -0.3 is 0 Å². The predicted molar refractivity (Wildman–Crippen MR) is 2070 cm³/mol. The number of rotatable bonds is 73. The van der Waals surface area contributed by atoms with Crippen LogP contribution >= 0.6 is 1970 Å². The predicted octanol–water partition coefficient (Wildman–Crippen LogP) is 128. The molecule has 0 rings (SSSR count). The van der Waals surface area contributed by atoms with Gasteiger partial charge in [-0.25, -0.2) is 0 Å². The van der Waals surface area contributed by atoms with Crippen molar-refractivity contribution < 1.29 is 13.3 Å². The van der Waals surface area contributed by atoms with Gasteiger partial charge in [0.1, 0.15) is 0 Å². The van der Waals surface area contributed by atoms with Crippen molar-refractivity contribution in [3.05, 3.63) is 0 Å². The second-order valence-electron chi connectivity index (χ2n) is 11.9. The molecule has 0 aromatic carbocycles. The Bertz CT molecular complexity index is 3050. The molecule has 0 amide bonds. The molecule has 0 N–H and O–H groups in total. The third-order valence-corrected chi connectivity index (χ3v) is 12000. The van der Waals surface area contributed by atoms with Crippen LogP contribution in [-0.4, -0.2) is 0 Å². The number of halogens is 149. The minimum atomic E-state index is -0.692. The van der Waals surface area contributed by atoms with E-state index in [2.05, 4.69) is 1400 Å². The Morgan fingerprint density at radius 3 is 0.141 bits per heavy atom. The van der Waals surface area contributed by atoms with Gasteiger partial charge in [-0.1, -0.05) is 0 Å². The van der Waals surface area contributed by atoms with Crippen LogP contribution in [0.2, 0.25) is 0 Å². The molecule has 0 aliphatic rings. The molecule has 0 aliphatic heterocycles. The SMILES string of the molecule is I[I-]I(I)I(I)I(I)I(I)I(I)I(I)I(I)I(I)I(I)I(I)I(I)I(I)I(I)I(I)I(I)I(I)I(I)I(I)I(I)I(I)I(I)I(I)I(I)I(I)I(I)I(I)I(I)I(I)I(I)I(I)I(I)I(I)I(I)I(I)I(I)I(I)I(I)I(I)I(I)I(I)I(I)I(I)I(I)I(I)I(I)I(I)I(I)I(I)I(I)I(I)I(I)I(I)I(I)I(I)I(I)I(I)I(I)I(I)I(I)I(I)I(I)I(I)I(I)I(I)I(I)I(I)I(I)I(I)I(I)I(I)I(I)I(I)I(I)I. The summed E-state index contributed by atoms with van der Waals surface area (Å²) in [6.45, 7) is 0. The third-order valence-electron chi connectivity index (χ3n) is 5.92. The van der Waals surface area contributed by atoms with E-state index in [1.807, 2.05) is 0 Å². The van der Waals surface area contributed by atoms with Crippen LogP contribution in [0.15, 0.2) is 0 Å². The van der Waals surface area contributed by atoms with E-state index in [4.69, 9.17) is 0 Å². The molecule has 0 saturated heterocycles. The number of hydrogen-bond acceptors (Lipinski definition) is 0. The first-order chi connectivity index (χ1) is 67.8. The molecule has 0 atom stereocenters. The van der Waals surface area contributed by atoms with E-state index in [0.29, 0.717) is 13.3 Å². The van der Waals surface area contributed by atoms with Gasteiger partial charge in [-0.05, 0) is 0 Å². The maximum absolute atomic E-state index is 3.52. The van der Waals surface area contributed by atoms with Gasteiger partial charge in [0.05, 0.1) is 0 Å². The Kier molecular flexibility index (Phi) is 269. The standard InChI is InChI=1S/I149/c1-76-78(4)80(6)82(8)84(10)86(12)88(14)90(16)92(18)94(20)96(22)98(24)100(26)102(28)104(30)106(32)108(34)110(36)112(38)114(40)116(42)118(44)120(46)122(48)124(50)126(52)128(54)130(56)132(58)134(60)136(62)138(64)140(66)142(68)144(70)146(72)148(74)149(75)147(73)145(71)143(69)141(67)139(65)137(63)135(61)133(59)131(57)129(55)127(53)125(51)123(49)121(47)119(45)117(43)115(41)113(39)111(37)109(35)107(33)105(31)103(29)101(27)99(25)97(23)95(21)93(19)91(17)89(15)87(13)85(11)83(9)81(7)79(5)77(2)3/q-1. The molecular formula is I149-. The second-order valence-corrected chi connectivity index (χ2v) is 3590. The summed E-state index contributed by atoms with van der Waals surface area (Å²) >= 11 is 259. The average Bonchev–Trinajstić information content (AvgIpc) is 0.813. The molecule has 0 heterocycles. The van der Waals surface area contributed by atoms with Gasteiger partial charge in [0.15, 0.2) is 0 Å². The summed E-state index contributed by atoms with van der Waals surface area (Å²) in [6, 6.07) is 0. The van der Waals surface area contributed by atoms with Gasteiger partial charge >= 0.3 is 1990 Å². The molecule has 0 unspecified atom stereocenters. The van der Waals surface area contributed by atoms with Gasteiger partial charge in [0.2, 0.25) is 0 Å². The van der Waals surface area contributed by atoms with Crippen molar-refractivity contribution in [3.8, 4) is 0 Å². The monoisotopic (exact) mass is 18900 g/mol. The Balaban J connectivity index is 6.02. The van der Waals surface area contributed by atoms with Gasteiger partial charge in [-0.15, -0.1) is 0 Å². The van der Waals surface area contributed by atoms with Crippen molar-refractivity contribution in [1.29, 1.82) is 0 Å². The molecule has 0 aromatic rings. The average molecular weight is 18900 g/mol. The van der Waals surface area contributed by atoms with Crippen molar-refractivity contribution in [3.63, 3.8) is 0 Å². The first-order valence-corrected chi connectivity index (χ1v) is 951. The minimum absolute atomic E-state index is 0.431. The van der Waals surface area contributed by atoms with Crippen molar-refractivity contribution in [1.82, 2.24) is 0 Å². The molecule has 0 nitrogen and oxygen atoms in total. The first-order valence-electron chi connectivity index (χ1n) is 21.1. The summed E-state index contributed by atoms with van der Waals surface area (Å²) in [4.78, 5) is 0. The van der Waals surface area contributed by atoms with Gasteiger partial charge in [0, 0.05) is 0 Å². The fraction of sp³-hybridized carbons (Fsp3) is 0. The molecule has 149 heavy (non-hydrogen) atoms. The van der Waals surface area contributed by atoms with Crippen LogP contribution in [0.4, 0.5) is 0 Å². The van der Waals surface area contributed by atoms with Crippen molar-refractivity contribution in [2.75, 3.05) is 0 Å². The van der Waals surface area contributed by atoms with E-state index < -0.39 is 576 Å². The molecule has 0 spiro atoms. The fourth-order valence-electron chi connectivity index (χ4n) is 2.21. The summed E-state index contributed by atoms with van der Waals surface area (Å²) in [7, 11) is -47.2. The van der Waals surface area contributed by atoms with Crippen molar-refractivity contribution in [2.45, 2.75) is 0 Å².